The topological polar surface area (TPSA) is 54.5 Å². The number of rotatable bonds is 2. The third-order valence-electron chi connectivity index (χ3n) is 3.62. The van der Waals surface area contributed by atoms with Gasteiger partial charge in [0.05, 0.1) is 16.9 Å². The van der Waals surface area contributed by atoms with E-state index in [0.717, 1.165) is 15.4 Å². The average molecular weight is 358 g/mol. The molecule has 1 fully saturated rings. The van der Waals surface area contributed by atoms with Crippen LogP contribution in [0.3, 0.4) is 0 Å². The molecule has 0 unspecified atom stereocenters. The number of carbonyl (C=O) groups excluding carboxylic acids is 1. The van der Waals surface area contributed by atoms with E-state index in [2.05, 4.69) is 15.9 Å². The zero-order valence-electron chi connectivity index (χ0n) is 11.6. The summed E-state index contributed by atoms with van der Waals surface area (Å²) < 4.78 is 26.1. The Morgan fingerprint density at radius 3 is 2.25 bits per heavy atom. The van der Waals surface area contributed by atoms with E-state index in [0.29, 0.717) is 0 Å². The summed E-state index contributed by atoms with van der Waals surface area (Å²) in [5, 5.41) is 0. The standard InChI is InChI=1S/C14H16BrNO3S/c1-10-4-6-12(7-5-10)20(18,19)16-9-11(8-15)14(2,3)13(16)17/h4-8H,9H2,1-3H3/b11-8+. The summed E-state index contributed by atoms with van der Waals surface area (Å²) in [6.45, 7) is 5.43. The van der Waals surface area contributed by atoms with Crippen molar-refractivity contribution in [1.29, 1.82) is 0 Å². The highest BCUT2D eigenvalue weighted by Gasteiger charge is 2.48. The normalized spacial score (nSPS) is 20.7. The molecule has 20 heavy (non-hydrogen) atoms. The number of amides is 1. The molecule has 1 aromatic rings. The van der Waals surface area contributed by atoms with Crippen LogP contribution in [0.4, 0.5) is 0 Å². The Morgan fingerprint density at radius 1 is 1.25 bits per heavy atom. The Balaban J connectivity index is 2.47. The maximum Gasteiger partial charge on any atom is 0.266 e. The van der Waals surface area contributed by atoms with E-state index < -0.39 is 21.3 Å². The summed E-state index contributed by atoms with van der Waals surface area (Å²) in [7, 11) is -3.80. The van der Waals surface area contributed by atoms with Crippen LogP contribution in [0.5, 0.6) is 0 Å². The lowest BCUT2D eigenvalue weighted by molar-refractivity contribution is -0.129. The SMILES string of the molecule is Cc1ccc(S(=O)(=O)N2C/C(=C\Br)C(C)(C)C2=O)cc1. The molecule has 0 N–H and O–H groups in total. The molecule has 0 spiro atoms. The van der Waals surface area contributed by atoms with Crippen molar-refractivity contribution in [2.45, 2.75) is 25.7 Å². The van der Waals surface area contributed by atoms with Gasteiger partial charge in [0.15, 0.2) is 0 Å². The Hall–Kier alpha value is -1.14. The van der Waals surface area contributed by atoms with Crippen molar-refractivity contribution >= 4 is 31.9 Å². The number of carbonyl (C=O) groups is 1. The van der Waals surface area contributed by atoms with Gasteiger partial charge in [-0.2, -0.15) is 0 Å². The van der Waals surface area contributed by atoms with Gasteiger partial charge in [0.2, 0.25) is 5.91 Å². The number of sulfonamides is 1. The van der Waals surface area contributed by atoms with Crippen molar-refractivity contribution in [2.75, 3.05) is 6.54 Å². The first-order valence-corrected chi connectivity index (χ1v) is 8.50. The summed E-state index contributed by atoms with van der Waals surface area (Å²) in [5.74, 6) is -0.399. The fourth-order valence-corrected chi connectivity index (χ4v) is 4.28. The maximum absolute atomic E-state index is 12.6. The summed E-state index contributed by atoms with van der Waals surface area (Å²) in [6, 6.07) is 6.50. The van der Waals surface area contributed by atoms with Gasteiger partial charge in [-0.1, -0.05) is 33.6 Å². The molecule has 4 nitrogen and oxygen atoms in total. The van der Waals surface area contributed by atoms with E-state index in [1.165, 1.54) is 12.1 Å². The zero-order valence-corrected chi connectivity index (χ0v) is 14.0. The quantitative estimate of drug-likeness (QED) is 0.817. The molecule has 1 saturated heterocycles. The first kappa shape index (κ1) is 15.3. The highest BCUT2D eigenvalue weighted by Crippen LogP contribution is 2.39. The highest BCUT2D eigenvalue weighted by atomic mass is 79.9. The van der Waals surface area contributed by atoms with Crippen LogP contribution < -0.4 is 0 Å². The van der Waals surface area contributed by atoms with Gasteiger partial charge in [-0.25, -0.2) is 12.7 Å². The summed E-state index contributed by atoms with van der Waals surface area (Å²) in [4.78, 5) is 14.1. The monoisotopic (exact) mass is 357 g/mol. The molecule has 0 aromatic heterocycles. The van der Waals surface area contributed by atoms with Crippen molar-refractivity contribution < 1.29 is 13.2 Å². The largest absolute Gasteiger partial charge is 0.273 e. The maximum atomic E-state index is 12.6. The molecule has 0 radical (unpaired) electrons. The number of halogens is 1. The third kappa shape index (κ3) is 2.31. The predicted molar refractivity (Wildman–Crippen MR) is 80.9 cm³/mol. The molecule has 6 heteroatoms. The summed E-state index contributed by atoms with van der Waals surface area (Å²) >= 11 is 3.20. The molecule has 0 atom stereocenters. The molecule has 1 aromatic carbocycles. The molecule has 1 amide bonds. The molecule has 2 rings (SSSR count). The van der Waals surface area contributed by atoms with E-state index in [1.54, 1.807) is 31.0 Å². The van der Waals surface area contributed by atoms with Gasteiger partial charge in [-0.05, 0) is 43.5 Å². The van der Waals surface area contributed by atoms with Gasteiger partial charge in [-0.3, -0.25) is 4.79 Å². The van der Waals surface area contributed by atoms with Crippen LogP contribution >= 0.6 is 15.9 Å². The fourth-order valence-electron chi connectivity index (χ4n) is 2.08. The summed E-state index contributed by atoms with van der Waals surface area (Å²) in [5.41, 5.74) is 0.914. The van der Waals surface area contributed by atoms with Crippen LogP contribution in [0.1, 0.15) is 19.4 Å². The van der Waals surface area contributed by atoms with Crippen LogP contribution in [-0.4, -0.2) is 25.2 Å². The van der Waals surface area contributed by atoms with Crippen LogP contribution in [0.15, 0.2) is 39.7 Å². The molecule has 0 aliphatic carbocycles. The molecule has 1 aliphatic rings. The van der Waals surface area contributed by atoms with Gasteiger partial charge in [0.25, 0.3) is 10.0 Å². The van der Waals surface area contributed by atoms with Crippen LogP contribution in [0.2, 0.25) is 0 Å². The van der Waals surface area contributed by atoms with Gasteiger partial charge in [0.1, 0.15) is 0 Å². The number of benzene rings is 1. The summed E-state index contributed by atoms with van der Waals surface area (Å²) in [6.07, 6.45) is 0. The van der Waals surface area contributed by atoms with Crippen LogP contribution in [0.25, 0.3) is 0 Å². The van der Waals surface area contributed by atoms with E-state index in [-0.39, 0.29) is 11.4 Å². The second kappa shape index (κ2) is 5.00. The van der Waals surface area contributed by atoms with Gasteiger partial charge < -0.3 is 0 Å². The minimum absolute atomic E-state index is 0.0906. The zero-order chi connectivity index (χ0) is 15.1. The highest BCUT2D eigenvalue weighted by molar-refractivity contribution is 9.11. The molecule has 0 bridgehead atoms. The molecular formula is C14H16BrNO3S. The first-order valence-electron chi connectivity index (χ1n) is 6.15. The Labute approximate surface area is 127 Å². The van der Waals surface area contributed by atoms with Crippen molar-refractivity contribution in [3.63, 3.8) is 0 Å². The lowest BCUT2D eigenvalue weighted by atomic mass is 9.88. The third-order valence-corrected chi connectivity index (χ3v) is 5.91. The van der Waals surface area contributed by atoms with Crippen molar-refractivity contribution in [3.05, 3.63) is 40.4 Å². The van der Waals surface area contributed by atoms with Crippen LogP contribution in [0, 0.1) is 12.3 Å². The molecular weight excluding hydrogens is 342 g/mol. The smallest absolute Gasteiger partial charge is 0.266 e. The molecule has 0 saturated carbocycles. The van der Waals surface area contributed by atoms with Gasteiger partial charge >= 0.3 is 0 Å². The number of aryl methyl sites for hydroxylation is 1. The Bertz CT molecular complexity index is 675. The van der Waals surface area contributed by atoms with Crippen molar-refractivity contribution in [1.82, 2.24) is 4.31 Å². The van der Waals surface area contributed by atoms with Crippen LogP contribution in [-0.2, 0) is 14.8 Å². The second-order valence-electron chi connectivity index (χ2n) is 5.39. The number of nitrogens with zero attached hydrogens (tertiary/aromatic N) is 1. The lowest BCUT2D eigenvalue weighted by Crippen LogP contribution is -2.36. The van der Waals surface area contributed by atoms with E-state index >= 15 is 0 Å². The molecule has 1 aliphatic heterocycles. The number of hydrogen-bond donors (Lipinski definition) is 0. The van der Waals surface area contributed by atoms with E-state index in [4.69, 9.17) is 0 Å². The number of hydrogen-bond acceptors (Lipinski definition) is 3. The van der Waals surface area contributed by atoms with E-state index in [1.807, 2.05) is 6.92 Å². The van der Waals surface area contributed by atoms with Crippen molar-refractivity contribution in [2.24, 2.45) is 5.41 Å². The fraction of sp³-hybridized carbons (Fsp3) is 0.357. The minimum Gasteiger partial charge on any atom is -0.273 e. The van der Waals surface area contributed by atoms with Crippen molar-refractivity contribution in [3.8, 4) is 0 Å². The molecule has 1 heterocycles. The van der Waals surface area contributed by atoms with E-state index in [9.17, 15) is 13.2 Å². The first-order chi connectivity index (χ1) is 9.21. The van der Waals surface area contributed by atoms with Gasteiger partial charge in [0, 0.05) is 0 Å². The molecule has 108 valence electrons. The van der Waals surface area contributed by atoms with Gasteiger partial charge in [-0.15, -0.1) is 0 Å². The predicted octanol–water partition coefficient (Wildman–Crippen LogP) is 2.83. The Kier molecular flexibility index (Phi) is 3.81. The lowest BCUT2D eigenvalue weighted by Gasteiger charge is -2.19. The average Bonchev–Trinajstić information content (AvgIpc) is 2.61. The minimum atomic E-state index is -3.80. The second-order valence-corrected chi connectivity index (χ2v) is 7.71. The Morgan fingerprint density at radius 2 is 1.80 bits per heavy atom.